The summed E-state index contributed by atoms with van der Waals surface area (Å²) in [7, 11) is 0. The fourth-order valence-corrected chi connectivity index (χ4v) is 2.19. The third-order valence-electron chi connectivity index (χ3n) is 3.23. The van der Waals surface area contributed by atoms with Crippen molar-refractivity contribution in [2.45, 2.75) is 19.2 Å². The number of ether oxygens (including phenoxy) is 1. The fourth-order valence-electron chi connectivity index (χ4n) is 2.19. The first-order valence-corrected chi connectivity index (χ1v) is 6.71. The monoisotopic (exact) mass is 343 g/mol. The van der Waals surface area contributed by atoms with Crippen LogP contribution < -0.4 is 4.74 Å². The van der Waals surface area contributed by atoms with Gasteiger partial charge in [0, 0.05) is 18.7 Å². The SMILES string of the molecule is CC(F)(F)c1cnc2cnc(-c3ccc(OC(F)(F)F)cc3)cn12. The van der Waals surface area contributed by atoms with Gasteiger partial charge in [-0.15, -0.1) is 13.2 Å². The molecular weight excluding hydrogens is 333 g/mol. The van der Waals surface area contributed by atoms with Gasteiger partial charge in [0.05, 0.1) is 18.1 Å². The second-order valence-corrected chi connectivity index (χ2v) is 5.10. The Morgan fingerprint density at radius 3 is 2.21 bits per heavy atom. The first kappa shape index (κ1) is 16.2. The lowest BCUT2D eigenvalue weighted by Crippen LogP contribution is -2.16. The number of benzene rings is 1. The van der Waals surface area contributed by atoms with Crippen LogP contribution in [-0.4, -0.2) is 20.7 Å². The predicted molar refractivity (Wildman–Crippen MR) is 74.7 cm³/mol. The summed E-state index contributed by atoms with van der Waals surface area (Å²) in [5.41, 5.74) is 0.695. The lowest BCUT2D eigenvalue weighted by atomic mass is 10.1. The van der Waals surface area contributed by atoms with E-state index in [1.807, 2.05) is 0 Å². The highest BCUT2D eigenvalue weighted by Gasteiger charge is 2.31. The van der Waals surface area contributed by atoms with Gasteiger partial charge in [-0.05, 0) is 24.3 Å². The van der Waals surface area contributed by atoms with E-state index in [0.717, 1.165) is 25.3 Å². The van der Waals surface area contributed by atoms with Gasteiger partial charge in [-0.1, -0.05) is 0 Å². The maximum Gasteiger partial charge on any atom is 0.573 e. The van der Waals surface area contributed by atoms with Crippen molar-refractivity contribution < 1.29 is 26.7 Å². The lowest BCUT2D eigenvalue weighted by Gasteiger charge is -2.11. The Labute approximate surface area is 132 Å². The summed E-state index contributed by atoms with van der Waals surface area (Å²) in [6.07, 6.45) is -1.06. The van der Waals surface area contributed by atoms with Crippen molar-refractivity contribution in [3.05, 3.63) is 48.5 Å². The zero-order valence-corrected chi connectivity index (χ0v) is 12.2. The molecule has 24 heavy (non-hydrogen) atoms. The molecule has 2 aromatic heterocycles. The number of alkyl halides is 5. The number of nitrogens with zero attached hydrogens (tertiary/aromatic N) is 3. The van der Waals surface area contributed by atoms with Gasteiger partial charge in [-0.2, -0.15) is 8.78 Å². The summed E-state index contributed by atoms with van der Waals surface area (Å²) >= 11 is 0. The Hall–Kier alpha value is -2.71. The molecule has 0 fully saturated rings. The van der Waals surface area contributed by atoms with Crippen LogP contribution in [0.5, 0.6) is 5.75 Å². The molecule has 0 amide bonds. The molecule has 126 valence electrons. The maximum absolute atomic E-state index is 13.6. The van der Waals surface area contributed by atoms with E-state index >= 15 is 0 Å². The molecule has 0 bridgehead atoms. The Morgan fingerprint density at radius 2 is 1.62 bits per heavy atom. The lowest BCUT2D eigenvalue weighted by molar-refractivity contribution is -0.274. The van der Waals surface area contributed by atoms with Crippen LogP contribution in [0.15, 0.2) is 42.9 Å². The minimum absolute atomic E-state index is 0.243. The quantitative estimate of drug-likeness (QED) is 0.662. The van der Waals surface area contributed by atoms with Crippen molar-refractivity contribution in [2.24, 2.45) is 0 Å². The Bertz CT molecular complexity index is 865. The van der Waals surface area contributed by atoms with Crippen molar-refractivity contribution >= 4 is 5.65 Å². The molecule has 0 aliphatic carbocycles. The molecule has 2 heterocycles. The second kappa shape index (κ2) is 5.43. The molecule has 0 N–H and O–H groups in total. The van der Waals surface area contributed by atoms with E-state index in [2.05, 4.69) is 14.7 Å². The molecule has 0 spiro atoms. The van der Waals surface area contributed by atoms with Gasteiger partial charge in [0.2, 0.25) is 0 Å². The van der Waals surface area contributed by atoms with E-state index in [0.29, 0.717) is 11.3 Å². The van der Waals surface area contributed by atoms with Gasteiger partial charge in [0.15, 0.2) is 5.65 Å². The standard InChI is InChI=1S/C15H10F5N3O/c1-14(16,17)12-6-22-13-7-21-11(8-23(12)13)9-2-4-10(5-3-9)24-15(18,19)20/h2-8H,1H3. The first-order chi connectivity index (χ1) is 11.1. The molecule has 1 aromatic carbocycles. The number of fused-ring (bicyclic) bond motifs is 1. The van der Waals surface area contributed by atoms with E-state index in [-0.39, 0.29) is 17.1 Å². The van der Waals surface area contributed by atoms with E-state index in [1.165, 1.54) is 28.9 Å². The first-order valence-electron chi connectivity index (χ1n) is 6.71. The zero-order chi connectivity index (χ0) is 17.5. The normalized spacial score (nSPS) is 12.6. The van der Waals surface area contributed by atoms with E-state index in [9.17, 15) is 22.0 Å². The number of hydrogen-bond acceptors (Lipinski definition) is 3. The molecule has 0 saturated heterocycles. The third-order valence-corrected chi connectivity index (χ3v) is 3.23. The third kappa shape index (κ3) is 3.29. The molecule has 4 nitrogen and oxygen atoms in total. The van der Waals surface area contributed by atoms with E-state index < -0.39 is 12.3 Å². The average molecular weight is 343 g/mol. The Morgan fingerprint density at radius 1 is 0.958 bits per heavy atom. The van der Waals surface area contributed by atoms with Gasteiger partial charge in [-0.25, -0.2) is 4.98 Å². The smallest absolute Gasteiger partial charge is 0.406 e. The van der Waals surface area contributed by atoms with Gasteiger partial charge < -0.3 is 4.74 Å². The van der Waals surface area contributed by atoms with Crippen molar-refractivity contribution in [2.75, 3.05) is 0 Å². The molecule has 0 aliphatic rings. The summed E-state index contributed by atoms with van der Waals surface area (Å²) in [6.45, 7) is 0.750. The average Bonchev–Trinajstić information content (AvgIpc) is 2.89. The highest BCUT2D eigenvalue weighted by Crippen LogP contribution is 2.29. The number of halogens is 5. The van der Waals surface area contributed by atoms with Crippen LogP contribution in [0.1, 0.15) is 12.6 Å². The summed E-state index contributed by atoms with van der Waals surface area (Å²) in [5.74, 6) is -3.47. The molecule has 9 heteroatoms. The zero-order valence-electron chi connectivity index (χ0n) is 12.2. The van der Waals surface area contributed by atoms with Gasteiger partial charge in [0.1, 0.15) is 11.4 Å². The fraction of sp³-hybridized carbons (Fsp3) is 0.200. The number of hydrogen-bond donors (Lipinski definition) is 0. The molecular formula is C15H10F5N3O. The van der Waals surface area contributed by atoms with Crippen LogP contribution in [-0.2, 0) is 5.92 Å². The number of rotatable bonds is 3. The largest absolute Gasteiger partial charge is 0.573 e. The second-order valence-electron chi connectivity index (χ2n) is 5.10. The van der Waals surface area contributed by atoms with Crippen LogP contribution in [0.2, 0.25) is 0 Å². The molecule has 0 unspecified atom stereocenters. The summed E-state index contributed by atoms with van der Waals surface area (Å²) in [6, 6.07) is 4.96. The van der Waals surface area contributed by atoms with Crippen LogP contribution >= 0.6 is 0 Å². The summed E-state index contributed by atoms with van der Waals surface area (Å²) in [4.78, 5) is 7.94. The van der Waals surface area contributed by atoms with E-state index in [4.69, 9.17) is 0 Å². The highest BCUT2D eigenvalue weighted by atomic mass is 19.4. The minimum Gasteiger partial charge on any atom is -0.406 e. The van der Waals surface area contributed by atoms with E-state index in [1.54, 1.807) is 0 Å². The molecule has 3 rings (SSSR count). The van der Waals surface area contributed by atoms with Crippen LogP contribution in [0.4, 0.5) is 22.0 Å². The van der Waals surface area contributed by atoms with Crippen LogP contribution in [0.3, 0.4) is 0 Å². The van der Waals surface area contributed by atoms with Crippen LogP contribution in [0.25, 0.3) is 16.9 Å². The molecule has 0 atom stereocenters. The van der Waals surface area contributed by atoms with Crippen molar-refractivity contribution in [3.63, 3.8) is 0 Å². The number of aromatic nitrogens is 3. The summed E-state index contributed by atoms with van der Waals surface area (Å²) in [5, 5.41) is 0. The van der Waals surface area contributed by atoms with Crippen LogP contribution in [0, 0.1) is 0 Å². The molecule has 0 saturated carbocycles. The highest BCUT2D eigenvalue weighted by molar-refractivity contribution is 5.61. The Balaban J connectivity index is 1.97. The van der Waals surface area contributed by atoms with Crippen molar-refractivity contribution in [3.8, 4) is 17.0 Å². The minimum atomic E-state index is -4.78. The number of imidazole rings is 1. The molecule has 0 radical (unpaired) electrons. The predicted octanol–water partition coefficient (Wildman–Crippen LogP) is 4.41. The van der Waals surface area contributed by atoms with Gasteiger partial charge >= 0.3 is 6.36 Å². The van der Waals surface area contributed by atoms with Crippen molar-refractivity contribution in [1.82, 2.24) is 14.4 Å². The molecule has 0 aliphatic heterocycles. The van der Waals surface area contributed by atoms with Gasteiger partial charge in [-0.3, -0.25) is 9.38 Å². The molecule has 3 aromatic rings. The Kier molecular flexibility index (Phi) is 3.66. The van der Waals surface area contributed by atoms with Crippen molar-refractivity contribution in [1.29, 1.82) is 0 Å². The summed E-state index contributed by atoms with van der Waals surface area (Å²) < 4.78 is 68.5. The topological polar surface area (TPSA) is 39.4 Å². The van der Waals surface area contributed by atoms with Gasteiger partial charge in [0.25, 0.3) is 5.92 Å². The maximum atomic E-state index is 13.6.